The first-order chi connectivity index (χ1) is 8.76. The molecule has 0 unspecified atom stereocenters. The molecule has 90 valence electrons. The minimum Gasteiger partial charge on any atom is -0.481 e. The van der Waals surface area contributed by atoms with E-state index in [-0.39, 0.29) is 0 Å². The van der Waals surface area contributed by atoms with Crippen molar-refractivity contribution in [2.75, 3.05) is 7.11 Å². The number of hydrogen-bond acceptors (Lipinski definition) is 3. The highest BCUT2D eigenvalue weighted by Crippen LogP contribution is 2.29. The van der Waals surface area contributed by atoms with Crippen LogP contribution in [-0.2, 0) is 0 Å². The predicted molar refractivity (Wildman–Crippen MR) is 76.3 cm³/mol. The topological polar surface area (TPSA) is 22.1 Å². The second-order valence-corrected chi connectivity index (χ2v) is 5.16. The van der Waals surface area contributed by atoms with Crippen LogP contribution in [0.5, 0.6) is 5.88 Å². The van der Waals surface area contributed by atoms with Gasteiger partial charge in [0.2, 0.25) is 5.88 Å². The Morgan fingerprint density at radius 3 is 2.72 bits per heavy atom. The molecule has 2 aromatic heterocycles. The normalized spacial score (nSPS) is 10.8. The molecular weight excluding hydrogens is 242 g/mol. The van der Waals surface area contributed by atoms with Gasteiger partial charge in [-0.05, 0) is 47.7 Å². The SMILES string of the molecule is COc1ccc2cc(-c3cc(C)cs3)ccc2n1. The molecule has 1 aromatic carbocycles. The van der Waals surface area contributed by atoms with E-state index in [0.29, 0.717) is 5.88 Å². The van der Waals surface area contributed by atoms with Gasteiger partial charge in [-0.1, -0.05) is 6.07 Å². The second-order valence-electron chi connectivity index (χ2n) is 4.25. The number of rotatable bonds is 2. The van der Waals surface area contributed by atoms with E-state index in [9.17, 15) is 0 Å². The zero-order valence-electron chi connectivity index (χ0n) is 10.3. The summed E-state index contributed by atoms with van der Waals surface area (Å²) in [4.78, 5) is 5.71. The summed E-state index contributed by atoms with van der Waals surface area (Å²) in [6.07, 6.45) is 0. The molecule has 0 aliphatic heterocycles. The number of thiophene rings is 1. The number of fused-ring (bicyclic) bond motifs is 1. The smallest absolute Gasteiger partial charge is 0.213 e. The molecule has 2 heterocycles. The van der Waals surface area contributed by atoms with Gasteiger partial charge in [-0.2, -0.15) is 0 Å². The quantitative estimate of drug-likeness (QED) is 0.682. The number of aromatic nitrogens is 1. The third kappa shape index (κ3) is 1.97. The Labute approximate surface area is 110 Å². The summed E-state index contributed by atoms with van der Waals surface area (Å²) in [5.74, 6) is 0.655. The van der Waals surface area contributed by atoms with Crippen LogP contribution < -0.4 is 4.74 Å². The predicted octanol–water partition coefficient (Wildman–Crippen LogP) is 4.28. The molecule has 3 heteroatoms. The number of ether oxygens (including phenoxy) is 1. The number of nitrogens with zero attached hydrogens (tertiary/aromatic N) is 1. The average Bonchev–Trinajstić information content (AvgIpc) is 2.84. The second kappa shape index (κ2) is 4.42. The first-order valence-corrected chi connectivity index (χ1v) is 6.64. The molecule has 0 fully saturated rings. The fourth-order valence-electron chi connectivity index (χ4n) is 1.96. The van der Waals surface area contributed by atoms with E-state index < -0.39 is 0 Å². The fraction of sp³-hybridized carbons (Fsp3) is 0.133. The third-order valence-corrected chi connectivity index (χ3v) is 3.98. The molecule has 0 saturated carbocycles. The highest BCUT2D eigenvalue weighted by Gasteiger charge is 2.03. The summed E-state index contributed by atoms with van der Waals surface area (Å²) < 4.78 is 5.13. The standard InChI is InChI=1S/C15H13NOS/c1-10-7-14(18-9-10)12-3-5-13-11(8-12)4-6-15(16-13)17-2/h3-9H,1-2H3. The van der Waals surface area contributed by atoms with Crippen molar-refractivity contribution in [2.45, 2.75) is 6.92 Å². The van der Waals surface area contributed by atoms with E-state index in [4.69, 9.17) is 4.74 Å². The van der Waals surface area contributed by atoms with Crippen molar-refractivity contribution in [3.8, 4) is 16.3 Å². The zero-order valence-corrected chi connectivity index (χ0v) is 11.1. The van der Waals surface area contributed by atoms with E-state index in [1.54, 1.807) is 18.4 Å². The maximum absolute atomic E-state index is 5.13. The molecule has 0 bridgehead atoms. The lowest BCUT2D eigenvalue weighted by atomic mass is 10.1. The Kier molecular flexibility index (Phi) is 2.76. The molecule has 0 radical (unpaired) electrons. The van der Waals surface area contributed by atoms with E-state index in [1.807, 2.05) is 18.2 Å². The average molecular weight is 255 g/mol. The summed E-state index contributed by atoms with van der Waals surface area (Å²) in [7, 11) is 1.64. The molecule has 0 amide bonds. The number of benzene rings is 1. The Morgan fingerprint density at radius 2 is 2.00 bits per heavy atom. The summed E-state index contributed by atoms with van der Waals surface area (Å²) in [6, 6.07) is 12.5. The number of methoxy groups -OCH3 is 1. The highest BCUT2D eigenvalue weighted by atomic mass is 32.1. The van der Waals surface area contributed by atoms with Gasteiger partial charge in [-0.25, -0.2) is 4.98 Å². The first-order valence-electron chi connectivity index (χ1n) is 5.76. The van der Waals surface area contributed by atoms with Gasteiger partial charge in [-0.15, -0.1) is 11.3 Å². The minimum atomic E-state index is 0.655. The van der Waals surface area contributed by atoms with Crippen molar-refractivity contribution < 1.29 is 4.74 Å². The molecule has 0 atom stereocenters. The molecule has 0 aliphatic rings. The van der Waals surface area contributed by atoms with Crippen molar-refractivity contribution in [3.05, 3.63) is 47.3 Å². The van der Waals surface area contributed by atoms with Crippen LogP contribution in [0, 0.1) is 6.92 Å². The Balaban J connectivity index is 2.11. The lowest BCUT2D eigenvalue weighted by Gasteiger charge is -2.03. The largest absolute Gasteiger partial charge is 0.481 e. The van der Waals surface area contributed by atoms with Crippen LogP contribution in [0.2, 0.25) is 0 Å². The third-order valence-electron chi connectivity index (χ3n) is 2.89. The maximum atomic E-state index is 5.13. The van der Waals surface area contributed by atoms with Crippen LogP contribution in [0.3, 0.4) is 0 Å². The molecule has 3 aromatic rings. The summed E-state index contributed by atoms with van der Waals surface area (Å²) in [6.45, 7) is 2.12. The van der Waals surface area contributed by atoms with Gasteiger partial charge >= 0.3 is 0 Å². The fourth-order valence-corrected chi connectivity index (χ4v) is 2.85. The van der Waals surface area contributed by atoms with Crippen LogP contribution in [0.15, 0.2) is 41.8 Å². The summed E-state index contributed by atoms with van der Waals surface area (Å²) in [5, 5.41) is 3.31. The van der Waals surface area contributed by atoms with E-state index >= 15 is 0 Å². The molecule has 3 rings (SSSR count). The molecule has 2 nitrogen and oxygen atoms in total. The maximum Gasteiger partial charge on any atom is 0.213 e. The van der Waals surface area contributed by atoms with Gasteiger partial charge in [0.05, 0.1) is 12.6 Å². The zero-order chi connectivity index (χ0) is 12.5. The van der Waals surface area contributed by atoms with Crippen molar-refractivity contribution in [3.63, 3.8) is 0 Å². The molecular formula is C15H13NOS. The van der Waals surface area contributed by atoms with Crippen molar-refractivity contribution in [1.82, 2.24) is 4.98 Å². The Bertz CT molecular complexity index is 703. The van der Waals surface area contributed by atoms with Gasteiger partial charge in [0.1, 0.15) is 0 Å². The molecule has 0 N–H and O–H groups in total. The van der Waals surface area contributed by atoms with Crippen molar-refractivity contribution >= 4 is 22.2 Å². The number of hydrogen-bond donors (Lipinski definition) is 0. The van der Waals surface area contributed by atoms with E-state index in [0.717, 1.165) is 10.9 Å². The minimum absolute atomic E-state index is 0.655. The van der Waals surface area contributed by atoms with Gasteiger partial charge in [0, 0.05) is 16.3 Å². The van der Waals surface area contributed by atoms with Gasteiger partial charge in [-0.3, -0.25) is 0 Å². The lowest BCUT2D eigenvalue weighted by molar-refractivity contribution is 0.399. The molecule has 18 heavy (non-hydrogen) atoms. The van der Waals surface area contributed by atoms with Crippen molar-refractivity contribution in [1.29, 1.82) is 0 Å². The Morgan fingerprint density at radius 1 is 1.11 bits per heavy atom. The van der Waals surface area contributed by atoms with Crippen LogP contribution in [0.1, 0.15) is 5.56 Å². The Hall–Kier alpha value is -1.87. The number of aryl methyl sites for hydroxylation is 1. The summed E-state index contributed by atoms with van der Waals surface area (Å²) in [5.41, 5.74) is 3.52. The number of pyridine rings is 1. The van der Waals surface area contributed by atoms with Crippen LogP contribution >= 0.6 is 11.3 Å². The molecule has 0 spiro atoms. The molecule has 0 saturated heterocycles. The first kappa shape index (κ1) is 11.2. The van der Waals surface area contributed by atoms with E-state index in [2.05, 4.69) is 35.5 Å². The highest BCUT2D eigenvalue weighted by molar-refractivity contribution is 7.13. The van der Waals surface area contributed by atoms with Gasteiger partial charge in [0.25, 0.3) is 0 Å². The van der Waals surface area contributed by atoms with Crippen molar-refractivity contribution in [2.24, 2.45) is 0 Å². The van der Waals surface area contributed by atoms with Gasteiger partial charge < -0.3 is 4.74 Å². The molecule has 0 aliphatic carbocycles. The van der Waals surface area contributed by atoms with Crippen LogP contribution in [-0.4, -0.2) is 12.1 Å². The van der Waals surface area contributed by atoms with Crippen LogP contribution in [0.4, 0.5) is 0 Å². The summed E-state index contributed by atoms with van der Waals surface area (Å²) >= 11 is 1.77. The monoisotopic (exact) mass is 255 g/mol. The van der Waals surface area contributed by atoms with Crippen LogP contribution in [0.25, 0.3) is 21.3 Å². The lowest BCUT2D eigenvalue weighted by Crippen LogP contribution is -1.87. The van der Waals surface area contributed by atoms with E-state index in [1.165, 1.54) is 16.0 Å². The van der Waals surface area contributed by atoms with Gasteiger partial charge in [0.15, 0.2) is 0 Å².